The first kappa shape index (κ1) is 19.6. The van der Waals surface area contributed by atoms with Crippen LogP contribution in [0.25, 0.3) is 0 Å². The number of allylic oxidation sites excluding steroid dienone is 3. The number of aliphatic imine (C=N–C) groups is 1. The van der Waals surface area contributed by atoms with Gasteiger partial charge in [0.1, 0.15) is 30.0 Å². The summed E-state index contributed by atoms with van der Waals surface area (Å²) in [6, 6.07) is 4.65. The van der Waals surface area contributed by atoms with Crippen LogP contribution in [-0.4, -0.2) is 41.9 Å². The smallest absolute Gasteiger partial charge is 0.273 e. The molecule has 0 saturated heterocycles. The van der Waals surface area contributed by atoms with Gasteiger partial charge in [0.2, 0.25) is 0 Å². The number of nitriles is 1. The van der Waals surface area contributed by atoms with Crippen molar-refractivity contribution in [3.8, 4) is 6.07 Å². The fourth-order valence-electron chi connectivity index (χ4n) is 3.09. The normalized spacial score (nSPS) is 24.7. The molecule has 0 radical (unpaired) electrons. The number of carbonyl (C=O) groups excluding carboxylic acids is 1. The lowest BCUT2D eigenvalue weighted by Crippen LogP contribution is -2.53. The Morgan fingerprint density at radius 1 is 1.43 bits per heavy atom. The first-order valence-electron chi connectivity index (χ1n) is 8.29. The molecule has 2 atom stereocenters. The maximum absolute atomic E-state index is 14.4. The Hall–Kier alpha value is -3.19. The maximum Gasteiger partial charge on any atom is 0.273 e. The highest BCUT2D eigenvalue weighted by atomic mass is 19.3. The van der Waals surface area contributed by atoms with Crippen molar-refractivity contribution in [2.24, 2.45) is 16.6 Å². The number of aromatic nitrogens is 1. The molecule has 0 spiro atoms. The Bertz CT molecular complexity index is 905. The van der Waals surface area contributed by atoms with Gasteiger partial charge in [-0.3, -0.25) is 9.79 Å². The van der Waals surface area contributed by atoms with Gasteiger partial charge in [0.05, 0.1) is 12.2 Å². The Morgan fingerprint density at radius 2 is 2.21 bits per heavy atom. The van der Waals surface area contributed by atoms with E-state index in [1.165, 1.54) is 24.4 Å². The van der Waals surface area contributed by atoms with Crippen LogP contribution in [0.15, 0.2) is 47.0 Å². The van der Waals surface area contributed by atoms with Gasteiger partial charge in [0.25, 0.3) is 12.3 Å². The van der Waals surface area contributed by atoms with Gasteiger partial charge in [-0.25, -0.2) is 18.2 Å². The lowest BCUT2D eigenvalue weighted by atomic mass is 9.78. The van der Waals surface area contributed by atoms with Crippen LogP contribution < -0.4 is 11.1 Å². The lowest BCUT2D eigenvalue weighted by Gasteiger charge is -2.39. The number of halogens is 3. The fourth-order valence-corrected chi connectivity index (χ4v) is 3.09. The summed E-state index contributed by atoms with van der Waals surface area (Å²) in [6.45, 7) is -0.591. The van der Waals surface area contributed by atoms with Crippen molar-refractivity contribution in [2.75, 3.05) is 13.2 Å². The number of nitrogens with zero attached hydrogens (tertiary/aromatic N) is 3. The Morgan fingerprint density at radius 3 is 2.82 bits per heavy atom. The average molecular weight is 391 g/mol. The highest BCUT2D eigenvalue weighted by Crippen LogP contribution is 2.42. The Labute approximate surface area is 158 Å². The highest BCUT2D eigenvalue weighted by molar-refractivity contribution is 5.93. The molecule has 146 valence electrons. The number of carbonyl (C=O) groups is 1. The predicted octanol–water partition coefficient (Wildman–Crippen LogP) is 1.83. The second-order valence-corrected chi connectivity index (χ2v) is 6.39. The number of pyridine rings is 1. The first-order valence-corrected chi connectivity index (χ1v) is 8.29. The quantitative estimate of drug-likeness (QED) is 0.813. The van der Waals surface area contributed by atoms with E-state index in [2.05, 4.69) is 15.3 Å². The van der Waals surface area contributed by atoms with Gasteiger partial charge in [0, 0.05) is 17.8 Å². The van der Waals surface area contributed by atoms with Crippen LogP contribution in [0.4, 0.5) is 13.2 Å². The molecule has 0 saturated carbocycles. The standard InChI is InChI=1S/C18H16F3N5O2/c19-13-3-2-11(25-16(27)14-4-1-10(6-22)7-24-14)5-12(13)18(17(20)21)9-28-8-15(23)26-18/h1-4,7,12,17H,5,8-9H2,(H2,23,26)(H,25,27)/t12?,18-/m0/s1. The largest absolute Gasteiger partial charge is 0.386 e. The number of hydrogen-bond donors (Lipinski definition) is 2. The number of amides is 1. The van der Waals surface area contributed by atoms with E-state index in [0.29, 0.717) is 0 Å². The molecule has 2 aliphatic rings. The Balaban J connectivity index is 1.81. The molecule has 10 heteroatoms. The molecular formula is C18H16F3N5O2. The Kier molecular flexibility index (Phi) is 5.46. The van der Waals surface area contributed by atoms with Gasteiger partial charge in [0.15, 0.2) is 5.54 Å². The molecule has 3 N–H and O–H groups in total. The van der Waals surface area contributed by atoms with Crippen LogP contribution in [0.3, 0.4) is 0 Å². The third kappa shape index (κ3) is 3.75. The summed E-state index contributed by atoms with van der Waals surface area (Å²) >= 11 is 0. The first-order chi connectivity index (χ1) is 13.4. The number of amidine groups is 1. The molecule has 1 amide bonds. The number of ether oxygens (including phenoxy) is 1. The molecule has 3 rings (SSSR count). The summed E-state index contributed by atoms with van der Waals surface area (Å²) in [4.78, 5) is 20.0. The third-order valence-electron chi connectivity index (χ3n) is 4.52. The third-order valence-corrected chi connectivity index (χ3v) is 4.52. The lowest BCUT2D eigenvalue weighted by molar-refractivity contribution is -0.0376. The summed E-state index contributed by atoms with van der Waals surface area (Å²) in [6.07, 6.45) is 0.291. The van der Waals surface area contributed by atoms with Crippen LogP contribution in [-0.2, 0) is 4.74 Å². The van der Waals surface area contributed by atoms with E-state index in [0.717, 1.165) is 6.08 Å². The van der Waals surface area contributed by atoms with Gasteiger partial charge >= 0.3 is 0 Å². The SMILES string of the molecule is N#Cc1ccc(C(=O)NC2=CC=C(F)C([C@]3(C(F)F)COCC(N)=N3)C2)nc1. The van der Waals surface area contributed by atoms with Gasteiger partial charge in [-0.05, 0) is 30.7 Å². The van der Waals surface area contributed by atoms with Crippen molar-refractivity contribution in [2.45, 2.75) is 18.4 Å². The molecule has 7 nitrogen and oxygen atoms in total. The van der Waals surface area contributed by atoms with Crippen molar-refractivity contribution in [1.29, 1.82) is 5.26 Å². The summed E-state index contributed by atoms with van der Waals surface area (Å²) < 4.78 is 47.2. The number of rotatable bonds is 4. The second kappa shape index (κ2) is 7.82. The molecule has 1 aromatic heterocycles. The molecule has 1 aliphatic heterocycles. The van der Waals surface area contributed by atoms with Gasteiger partial charge < -0.3 is 15.8 Å². The van der Waals surface area contributed by atoms with E-state index in [9.17, 15) is 18.0 Å². The maximum atomic E-state index is 14.4. The van der Waals surface area contributed by atoms with Crippen molar-refractivity contribution >= 4 is 11.7 Å². The molecule has 1 unspecified atom stereocenters. The molecular weight excluding hydrogens is 375 g/mol. The van der Waals surface area contributed by atoms with Crippen LogP contribution in [0.5, 0.6) is 0 Å². The molecule has 0 bridgehead atoms. The molecule has 2 heterocycles. The fraction of sp³-hybridized carbons (Fsp3) is 0.333. The number of nitrogens with one attached hydrogen (secondary N) is 1. The number of alkyl halides is 2. The van der Waals surface area contributed by atoms with E-state index in [4.69, 9.17) is 15.7 Å². The molecule has 0 fully saturated rings. The van der Waals surface area contributed by atoms with E-state index in [1.807, 2.05) is 6.07 Å². The molecule has 0 aromatic carbocycles. The second-order valence-electron chi connectivity index (χ2n) is 6.39. The average Bonchev–Trinajstić information content (AvgIpc) is 2.69. The summed E-state index contributed by atoms with van der Waals surface area (Å²) in [5.74, 6) is -2.89. The van der Waals surface area contributed by atoms with Gasteiger partial charge in [-0.2, -0.15) is 5.26 Å². The highest BCUT2D eigenvalue weighted by Gasteiger charge is 2.51. The number of nitrogens with two attached hydrogens (primary N) is 1. The summed E-state index contributed by atoms with van der Waals surface area (Å²) in [7, 11) is 0. The van der Waals surface area contributed by atoms with E-state index >= 15 is 0 Å². The zero-order valence-electron chi connectivity index (χ0n) is 14.5. The van der Waals surface area contributed by atoms with Gasteiger partial charge in [-0.15, -0.1) is 0 Å². The van der Waals surface area contributed by atoms with Crippen molar-refractivity contribution in [3.63, 3.8) is 0 Å². The van der Waals surface area contributed by atoms with Crippen molar-refractivity contribution in [3.05, 3.63) is 53.3 Å². The van der Waals surface area contributed by atoms with Crippen LogP contribution in [0, 0.1) is 17.2 Å². The minimum absolute atomic E-state index is 0.0262. The van der Waals surface area contributed by atoms with Crippen LogP contribution in [0.1, 0.15) is 22.5 Å². The molecule has 1 aliphatic carbocycles. The zero-order valence-corrected chi connectivity index (χ0v) is 14.5. The molecule has 28 heavy (non-hydrogen) atoms. The molecule has 1 aromatic rings. The summed E-state index contributed by atoms with van der Waals surface area (Å²) in [5, 5.41) is 11.3. The van der Waals surface area contributed by atoms with E-state index in [-0.39, 0.29) is 35.8 Å². The van der Waals surface area contributed by atoms with E-state index in [1.54, 1.807) is 0 Å². The minimum atomic E-state index is -3.02. The monoisotopic (exact) mass is 391 g/mol. The topological polar surface area (TPSA) is 113 Å². The van der Waals surface area contributed by atoms with Crippen LogP contribution >= 0.6 is 0 Å². The minimum Gasteiger partial charge on any atom is -0.386 e. The van der Waals surface area contributed by atoms with Crippen LogP contribution in [0.2, 0.25) is 0 Å². The zero-order chi connectivity index (χ0) is 20.3. The van der Waals surface area contributed by atoms with E-state index < -0.39 is 36.2 Å². The summed E-state index contributed by atoms with van der Waals surface area (Å²) in [5.41, 5.74) is 3.92. The predicted molar refractivity (Wildman–Crippen MR) is 93.0 cm³/mol. The van der Waals surface area contributed by atoms with Crippen molar-refractivity contribution in [1.82, 2.24) is 10.3 Å². The van der Waals surface area contributed by atoms with Crippen molar-refractivity contribution < 1.29 is 22.7 Å². The number of hydrogen-bond acceptors (Lipinski definition) is 6. The van der Waals surface area contributed by atoms with Gasteiger partial charge in [-0.1, -0.05) is 0 Å².